The Labute approximate surface area is 95.5 Å². The molecular weight excluding hydrogens is 262 g/mol. The van der Waals surface area contributed by atoms with Crippen LogP contribution in [-0.2, 0) is 0 Å². The van der Waals surface area contributed by atoms with E-state index in [1.807, 2.05) is 13.8 Å². The molecule has 0 fully saturated rings. The number of halogens is 1. The Bertz CT molecular complexity index is 404. The molecule has 0 saturated heterocycles. The van der Waals surface area contributed by atoms with E-state index in [9.17, 15) is 10.1 Å². The summed E-state index contributed by atoms with van der Waals surface area (Å²) in [4.78, 5) is 10.1. The minimum Gasteiger partial charge on any atom is -0.258 e. The fourth-order valence-electron chi connectivity index (χ4n) is 0.904. The van der Waals surface area contributed by atoms with Gasteiger partial charge in [0.2, 0.25) is 0 Å². The van der Waals surface area contributed by atoms with Crippen LogP contribution in [0.3, 0.4) is 0 Å². The first-order chi connectivity index (χ1) is 6.99. The lowest BCUT2D eigenvalue weighted by Crippen LogP contribution is -1.87. The van der Waals surface area contributed by atoms with Crippen molar-refractivity contribution in [3.63, 3.8) is 0 Å². The molecule has 1 rings (SSSR count). The number of hydrogen-bond donors (Lipinski definition) is 0. The van der Waals surface area contributed by atoms with E-state index >= 15 is 0 Å². The van der Waals surface area contributed by atoms with Gasteiger partial charge in [0.1, 0.15) is 0 Å². The molecule has 0 radical (unpaired) electrons. The number of nitro groups is 1. The van der Waals surface area contributed by atoms with Crippen LogP contribution in [-0.4, -0.2) is 11.0 Å². The Morgan fingerprint density at radius 1 is 1.40 bits per heavy atom. The molecule has 0 aromatic heterocycles. The molecule has 1 aromatic carbocycles. The molecule has 0 amide bonds. The molecule has 0 aliphatic carbocycles. The highest BCUT2D eigenvalue weighted by Crippen LogP contribution is 2.26. The van der Waals surface area contributed by atoms with Gasteiger partial charge in [-0.1, -0.05) is 15.9 Å². The van der Waals surface area contributed by atoms with Gasteiger partial charge in [-0.2, -0.15) is 10.2 Å². The number of benzene rings is 1. The van der Waals surface area contributed by atoms with Gasteiger partial charge in [-0.05, 0) is 19.9 Å². The topological polar surface area (TPSA) is 67.9 Å². The van der Waals surface area contributed by atoms with E-state index < -0.39 is 4.92 Å². The van der Waals surface area contributed by atoms with Gasteiger partial charge in [0, 0.05) is 16.6 Å². The maximum atomic E-state index is 10.6. The number of hydrogen-bond acceptors (Lipinski definition) is 4. The van der Waals surface area contributed by atoms with Crippen LogP contribution in [0.15, 0.2) is 32.9 Å². The number of nitro benzene ring substituents is 1. The molecule has 6 heteroatoms. The highest BCUT2D eigenvalue weighted by atomic mass is 79.9. The van der Waals surface area contributed by atoms with Gasteiger partial charge >= 0.3 is 0 Å². The van der Waals surface area contributed by atoms with Crippen molar-refractivity contribution in [1.29, 1.82) is 0 Å². The van der Waals surface area contributed by atoms with Crippen LogP contribution in [0.4, 0.5) is 11.4 Å². The van der Waals surface area contributed by atoms with Crippen molar-refractivity contribution in [2.75, 3.05) is 0 Å². The van der Waals surface area contributed by atoms with Crippen LogP contribution < -0.4 is 0 Å². The minimum atomic E-state index is -0.459. The molecule has 5 nitrogen and oxygen atoms in total. The molecule has 0 unspecified atom stereocenters. The highest BCUT2D eigenvalue weighted by Gasteiger charge is 2.08. The quantitative estimate of drug-likeness (QED) is 0.476. The minimum absolute atomic E-state index is 0.00193. The van der Waals surface area contributed by atoms with E-state index in [-0.39, 0.29) is 11.7 Å². The summed E-state index contributed by atoms with van der Waals surface area (Å²) in [6.45, 7) is 3.77. The smallest absolute Gasteiger partial charge is 0.258 e. The van der Waals surface area contributed by atoms with Crippen molar-refractivity contribution in [3.8, 4) is 0 Å². The van der Waals surface area contributed by atoms with E-state index in [1.54, 1.807) is 6.07 Å². The fourth-order valence-corrected chi connectivity index (χ4v) is 1.37. The number of rotatable bonds is 3. The van der Waals surface area contributed by atoms with Crippen molar-refractivity contribution in [2.24, 2.45) is 10.2 Å². The fraction of sp³-hybridized carbons (Fsp3) is 0.333. The van der Waals surface area contributed by atoms with Gasteiger partial charge in [0.05, 0.1) is 16.7 Å². The molecule has 0 heterocycles. The Morgan fingerprint density at radius 3 is 2.60 bits per heavy atom. The summed E-state index contributed by atoms with van der Waals surface area (Å²) in [6.07, 6.45) is 0. The summed E-state index contributed by atoms with van der Waals surface area (Å²) in [5.41, 5.74) is 0.479. The Kier molecular flexibility index (Phi) is 3.90. The molecule has 0 N–H and O–H groups in total. The first-order valence-corrected chi connectivity index (χ1v) is 5.14. The van der Waals surface area contributed by atoms with Gasteiger partial charge in [-0.25, -0.2) is 0 Å². The Balaban J connectivity index is 3.04. The molecule has 15 heavy (non-hydrogen) atoms. The van der Waals surface area contributed by atoms with E-state index in [0.717, 1.165) is 0 Å². The van der Waals surface area contributed by atoms with E-state index in [4.69, 9.17) is 0 Å². The number of non-ortho nitro benzene ring substituents is 1. The normalized spacial score (nSPS) is 11.2. The third-order valence-corrected chi connectivity index (χ3v) is 1.94. The van der Waals surface area contributed by atoms with E-state index in [1.165, 1.54) is 12.1 Å². The maximum Gasteiger partial charge on any atom is 0.272 e. The summed E-state index contributed by atoms with van der Waals surface area (Å²) in [5, 5.41) is 18.4. The standard InChI is InChI=1S/C9H10BrN3O2/c1-6(2)11-12-8-3-7(10)4-9(5-8)13(14)15/h3-6H,1-2H3. The highest BCUT2D eigenvalue weighted by molar-refractivity contribution is 9.10. The average Bonchev–Trinajstić information content (AvgIpc) is 2.13. The summed E-state index contributed by atoms with van der Waals surface area (Å²) in [7, 11) is 0. The summed E-state index contributed by atoms with van der Waals surface area (Å²) < 4.78 is 0.620. The van der Waals surface area contributed by atoms with Crippen molar-refractivity contribution in [3.05, 3.63) is 32.8 Å². The zero-order chi connectivity index (χ0) is 11.4. The average molecular weight is 272 g/mol. The summed E-state index contributed by atoms with van der Waals surface area (Å²) in [5.74, 6) is 0. The third-order valence-electron chi connectivity index (χ3n) is 1.48. The van der Waals surface area contributed by atoms with Crippen LogP contribution in [0, 0.1) is 10.1 Å². The van der Waals surface area contributed by atoms with Crippen LogP contribution in [0.25, 0.3) is 0 Å². The third kappa shape index (κ3) is 3.75. The van der Waals surface area contributed by atoms with Crippen LogP contribution in [0.2, 0.25) is 0 Å². The van der Waals surface area contributed by atoms with Crippen molar-refractivity contribution >= 4 is 27.3 Å². The molecule has 0 atom stereocenters. The lowest BCUT2D eigenvalue weighted by molar-refractivity contribution is -0.384. The van der Waals surface area contributed by atoms with Crippen molar-refractivity contribution in [1.82, 2.24) is 0 Å². The number of nitrogens with zero attached hydrogens (tertiary/aromatic N) is 3. The lowest BCUT2D eigenvalue weighted by atomic mass is 10.3. The summed E-state index contributed by atoms with van der Waals surface area (Å²) in [6, 6.07) is 4.56. The zero-order valence-electron chi connectivity index (χ0n) is 8.35. The van der Waals surface area contributed by atoms with Gasteiger partial charge in [0.25, 0.3) is 5.69 Å². The Hall–Kier alpha value is -1.30. The lowest BCUT2D eigenvalue weighted by Gasteiger charge is -1.97. The molecular formula is C9H10BrN3O2. The largest absolute Gasteiger partial charge is 0.272 e. The maximum absolute atomic E-state index is 10.6. The van der Waals surface area contributed by atoms with E-state index in [2.05, 4.69) is 26.2 Å². The second kappa shape index (κ2) is 4.97. The predicted molar refractivity (Wildman–Crippen MR) is 60.4 cm³/mol. The van der Waals surface area contributed by atoms with Gasteiger partial charge < -0.3 is 0 Å². The first-order valence-electron chi connectivity index (χ1n) is 4.35. The first kappa shape index (κ1) is 11.8. The van der Waals surface area contributed by atoms with Crippen molar-refractivity contribution < 1.29 is 4.92 Å². The van der Waals surface area contributed by atoms with Gasteiger partial charge in [-0.3, -0.25) is 10.1 Å². The molecule has 0 aliphatic heterocycles. The molecule has 0 aliphatic rings. The monoisotopic (exact) mass is 271 g/mol. The Morgan fingerprint density at radius 2 is 2.07 bits per heavy atom. The molecule has 0 saturated carbocycles. The second-order valence-electron chi connectivity index (χ2n) is 3.23. The van der Waals surface area contributed by atoms with Gasteiger partial charge in [-0.15, -0.1) is 0 Å². The summed E-state index contributed by atoms with van der Waals surface area (Å²) >= 11 is 3.18. The van der Waals surface area contributed by atoms with Crippen LogP contribution in [0.1, 0.15) is 13.8 Å². The SMILES string of the molecule is CC(C)N=Nc1cc(Br)cc([N+](=O)[O-])c1. The van der Waals surface area contributed by atoms with Crippen LogP contribution in [0.5, 0.6) is 0 Å². The second-order valence-corrected chi connectivity index (χ2v) is 4.15. The van der Waals surface area contributed by atoms with E-state index in [0.29, 0.717) is 10.2 Å². The predicted octanol–water partition coefficient (Wildman–Crippen LogP) is 3.85. The molecule has 1 aromatic rings. The van der Waals surface area contributed by atoms with Gasteiger partial charge in [0.15, 0.2) is 0 Å². The molecule has 80 valence electrons. The van der Waals surface area contributed by atoms with Crippen molar-refractivity contribution in [2.45, 2.75) is 19.9 Å². The number of azo groups is 1. The zero-order valence-corrected chi connectivity index (χ0v) is 9.93. The molecule has 0 bridgehead atoms. The van der Waals surface area contributed by atoms with Crippen LogP contribution >= 0.6 is 15.9 Å². The molecule has 0 spiro atoms.